The molecule has 0 unspecified atom stereocenters. The zero-order valence-corrected chi connectivity index (χ0v) is 80.3. The van der Waals surface area contributed by atoms with Crippen molar-refractivity contribution in [2.45, 2.75) is 92.2 Å². The predicted octanol–water partition coefficient (Wildman–Crippen LogP) is 16.9. The Morgan fingerprint density at radius 3 is 1.95 bits per heavy atom. The number of thiocarbonyl (C=S) groups is 1. The van der Waals surface area contributed by atoms with Crippen LogP contribution < -0.4 is 65.3 Å². The van der Waals surface area contributed by atoms with Crippen LogP contribution in [0.5, 0.6) is 28.7 Å². The van der Waals surface area contributed by atoms with Gasteiger partial charge in [-0.05, 0) is 141 Å². The third kappa shape index (κ3) is 25.8. The minimum atomic E-state index is -1.77. The quantitative estimate of drug-likeness (QED) is 0.0107. The minimum Gasteiger partial charge on any atom is -0.497 e. The second-order valence-electron chi connectivity index (χ2n) is 32.0. The third-order valence-electron chi connectivity index (χ3n) is 21.4. The van der Waals surface area contributed by atoms with Crippen LogP contribution in [0.4, 0.5) is 33.8 Å². The summed E-state index contributed by atoms with van der Waals surface area (Å²) in [6, 6.07) is 69.5. The molecule has 7 aromatic heterocycles. The number of nitrogens with one attached hydrogen (secondary N) is 4. The van der Waals surface area contributed by atoms with E-state index in [4.69, 9.17) is 64.6 Å². The number of anilines is 6. The number of pyridine rings is 1. The zero-order chi connectivity index (χ0) is 96.0. The Kier molecular flexibility index (Phi) is 34.7. The Hall–Kier alpha value is -15.2. The van der Waals surface area contributed by atoms with Crippen LogP contribution in [-0.2, 0) is 45.1 Å². The maximum atomic E-state index is 13.2. The predicted molar refractivity (Wildman–Crippen MR) is 533 cm³/mol. The van der Waals surface area contributed by atoms with Crippen LogP contribution in [0.25, 0.3) is 28.7 Å². The average Bonchev–Trinajstić information content (AvgIpc) is 1.53. The van der Waals surface area contributed by atoms with E-state index < -0.39 is 25.9 Å². The molecule has 2 saturated heterocycles. The fourth-order valence-electron chi connectivity index (χ4n) is 14.7. The molecule has 0 radical (unpaired) electrons. The second-order valence-corrected chi connectivity index (χ2v) is 38.4. The Bertz CT molecular complexity index is 6430. The van der Waals surface area contributed by atoms with Gasteiger partial charge in [0.25, 0.3) is 17.4 Å². The molecule has 32 nitrogen and oxygen atoms in total. The fourth-order valence-corrected chi connectivity index (χ4v) is 17.0. The highest BCUT2D eigenvalue weighted by atomic mass is 32.1. The summed E-state index contributed by atoms with van der Waals surface area (Å²) in [5.74, 6) is 2.22. The molecule has 10 heterocycles. The smallest absolute Gasteiger partial charge is 0.358 e. The molecule has 3 aliphatic rings. The molecule has 0 atom stereocenters. The Morgan fingerprint density at radius 1 is 0.632 bits per heavy atom. The first kappa shape index (κ1) is 98.3. The van der Waals surface area contributed by atoms with Gasteiger partial charge in [0.2, 0.25) is 11.7 Å². The number of carbonyl (C=O) groups is 5. The molecule has 0 aliphatic carbocycles. The summed E-state index contributed by atoms with van der Waals surface area (Å²) >= 11 is 7.47. The van der Waals surface area contributed by atoms with Gasteiger partial charge < -0.3 is 68.1 Å². The van der Waals surface area contributed by atoms with Crippen molar-refractivity contribution in [3.05, 3.63) is 303 Å². The van der Waals surface area contributed by atoms with Gasteiger partial charge in [-0.1, -0.05) is 178 Å². The van der Waals surface area contributed by atoms with Crippen molar-refractivity contribution in [3.63, 3.8) is 0 Å². The Labute approximate surface area is 798 Å². The first-order valence-electron chi connectivity index (χ1n) is 44.4. The van der Waals surface area contributed by atoms with E-state index in [9.17, 15) is 28.8 Å². The number of amides is 2. The largest absolute Gasteiger partial charge is 0.497 e. The summed E-state index contributed by atoms with van der Waals surface area (Å²) in [7, 11) is 5.69. The first-order valence-corrected chi connectivity index (χ1v) is 49.2. The molecule has 0 saturated carbocycles. The van der Waals surface area contributed by atoms with Crippen LogP contribution >= 0.6 is 23.6 Å². The lowest BCUT2D eigenvalue weighted by molar-refractivity contribution is -0.110. The van der Waals surface area contributed by atoms with Crippen molar-refractivity contribution in [1.82, 2.24) is 49.3 Å². The number of morpholine rings is 1. The number of thiazole rings is 1. The lowest BCUT2D eigenvalue weighted by Gasteiger charge is -2.28. The van der Waals surface area contributed by atoms with Gasteiger partial charge in [-0.2, -0.15) is 25.1 Å². The SMILES string of the molecule is CCCc1cc(=O)[nH]c(-n2nc(-c3ccco3)cc2NC(=O)c2cc(OC)c(OC)c(OC)c2)n1.CCOC(=O)c1cc(-c2ccccc2)n(Cc2cccnc2)n1.CCOC(=O)c1cc([Si](C)(C)C)nn1CC(=O)c1ccc(OC)cc1OC.O=C1Nc2ccccc2/C1=N\N(Cc1ccccc1)c1ccccc1.S=C(Nc1ccccc1)c1sc(N2CCCCC2)nc1N1CCOCC1. The van der Waals surface area contributed by atoms with Crippen molar-refractivity contribution >= 4 is 111 Å². The molecule has 2 amide bonds. The van der Waals surface area contributed by atoms with E-state index in [0.717, 1.165) is 117 Å². The lowest BCUT2D eigenvalue weighted by atomic mass is 10.1. The number of para-hydroxylation sites is 3. The number of nitrogens with zero attached hydrogens (tertiary/aromatic N) is 13. The van der Waals surface area contributed by atoms with Gasteiger partial charge in [-0.3, -0.25) is 43.5 Å². The number of Topliss-reactive ketones (excluding diaryl/α,β-unsaturated/α-hetero) is 1. The first-order chi connectivity index (χ1) is 66.1. The van der Waals surface area contributed by atoms with Crippen molar-refractivity contribution < 1.29 is 66.3 Å². The van der Waals surface area contributed by atoms with E-state index in [1.807, 2.05) is 158 Å². The molecular weight excluding hydrogens is 1780 g/mol. The summed E-state index contributed by atoms with van der Waals surface area (Å²) in [5, 5.41) is 31.0. The van der Waals surface area contributed by atoms with Crippen LogP contribution in [-0.4, -0.2) is 186 Å². The number of piperidine rings is 1. The summed E-state index contributed by atoms with van der Waals surface area (Å²) in [6.45, 7) is 18.9. The maximum Gasteiger partial charge on any atom is 0.358 e. The molecule has 14 aromatic rings. The highest BCUT2D eigenvalue weighted by Crippen LogP contribution is 2.40. The van der Waals surface area contributed by atoms with Gasteiger partial charge in [0.05, 0.1) is 104 Å². The number of esters is 2. The number of hydrazone groups is 1. The highest BCUT2D eigenvalue weighted by molar-refractivity contribution is 7.81. The van der Waals surface area contributed by atoms with Crippen molar-refractivity contribution in [3.8, 4) is 57.4 Å². The molecular formula is C101H109N17O15S2Si. The molecule has 17 rings (SSSR count). The van der Waals surface area contributed by atoms with E-state index in [2.05, 4.69) is 87.8 Å². The monoisotopic (exact) mass is 1890 g/mol. The molecule has 3 aliphatic heterocycles. The molecule has 0 bridgehead atoms. The summed E-state index contributed by atoms with van der Waals surface area (Å²) < 4.78 is 52.2. The number of ketones is 1. The molecule has 35 heteroatoms. The van der Waals surface area contributed by atoms with Crippen LogP contribution in [0, 0.1) is 0 Å². The second kappa shape index (κ2) is 47.9. The van der Waals surface area contributed by atoms with Crippen LogP contribution in [0.1, 0.15) is 115 Å². The third-order valence-corrected chi connectivity index (χ3v) is 24.8. The van der Waals surface area contributed by atoms with Gasteiger partial charge in [-0.15, -0.1) is 0 Å². The van der Waals surface area contributed by atoms with Crippen molar-refractivity contribution in [2.24, 2.45) is 5.10 Å². The number of rotatable bonds is 30. The zero-order valence-electron chi connectivity index (χ0n) is 77.7. The van der Waals surface area contributed by atoms with Crippen LogP contribution in [0.2, 0.25) is 19.6 Å². The standard InChI is InChI=1S/C24H25N5O6.C21H17N3O.C19H24N4OS2.C19H26N2O5Si.C18H17N3O2/c1-5-7-15-12-21(30)27-24(25-15)29-20(13-16(28-29)17-8-6-9-35-17)26-23(31)14-10-18(32-2)22(34-4)19(11-14)33-3;25-21-20(18-13-7-8-14-19(18)22-21)23-24(17-11-5-2-6-12-17)15-16-9-3-1-4-10-16;25-18(20-15-7-3-1-4-8-15)16-17(22-11-13-24-14-12-22)21-19(26-16)23-9-5-2-6-10-23;1-7-26-19(23)15-11-18(27(4,5)6)20-21(15)12-16(22)14-9-8-13(24-2)10-17(14)25-3;1-2-23-18(22)16-11-17(15-8-4-3-5-9-15)21(20-16)13-14-7-6-10-19-12-14/h6,8-13H,5,7H2,1-4H3,(H,26,31)(H,25,27,30);1-14H,15H2,(H,22,23,25);1,3-4,7-8H,2,5-6,9-14H2,(H,20,25);8-11H,7,12H2,1-6H3;3-12H,2,13H2,1H3. The number of furan rings is 1. The van der Waals surface area contributed by atoms with E-state index in [1.165, 1.54) is 81.5 Å². The molecule has 4 N–H and O–H groups in total. The van der Waals surface area contributed by atoms with Crippen molar-refractivity contribution in [2.75, 3.05) is 119 Å². The number of benzene rings is 7. The fraction of sp³-hybridized carbons (Fsp3) is 0.267. The van der Waals surface area contributed by atoms with E-state index >= 15 is 0 Å². The summed E-state index contributed by atoms with van der Waals surface area (Å²) in [6.07, 6.45) is 10.3. The normalized spacial score (nSPS) is 12.8. The van der Waals surface area contributed by atoms with E-state index in [1.54, 1.807) is 97.9 Å². The number of methoxy groups -OCH3 is 5. The number of hydrogen-bond acceptors (Lipinski definition) is 27. The molecule has 704 valence electrons. The Morgan fingerprint density at radius 2 is 1.30 bits per heavy atom. The van der Waals surface area contributed by atoms with E-state index in [-0.39, 0.29) is 53.4 Å². The average molecular weight is 1890 g/mol. The molecule has 7 aromatic carbocycles. The number of ether oxygens (including phenoxy) is 8. The molecule has 136 heavy (non-hydrogen) atoms. The van der Waals surface area contributed by atoms with Gasteiger partial charge in [0, 0.05) is 84.6 Å². The summed E-state index contributed by atoms with van der Waals surface area (Å²) in [5.41, 5.74) is 10.0. The van der Waals surface area contributed by atoms with E-state index in [0.29, 0.717) is 89.0 Å². The van der Waals surface area contributed by atoms with Gasteiger partial charge in [0.15, 0.2) is 45.4 Å². The van der Waals surface area contributed by atoms with Crippen molar-refractivity contribution in [1.29, 1.82) is 0 Å². The number of carbonyl (C=O) groups excluding carboxylic acids is 5. The number of aromatic amines is 1. The minimum absolute atomic E-state index is 0.0820. The number of fused-ring (bicyclic) bond motifs is 1. The Balaban J connectivity index is 0.000000145. The van der Waals surface area contributed by atoms with Crippen LogP contribution in [0.15, 0.2) is 257 Å². The highest BCUT2D eigenvalue weighted by Gasteiger charge is 2.32. The summed E-state index contributed by atoms with van der Waals surface area (Å²) in [4.78, 5) is 97.9. The number of aromatic nitrogens is 10. The number of hydrogen-bond donors (Lipinski definition) is 4. The number of H-pyrrole nitrogens is 1. The van der Waals surface area contributed by atoms with Crippen LogP contribution in [0.3, 0.4) is 0 Å². The van der Waals surface area contributed by atoms with Gasteiger partial charge in [-0.25, -0.2) is 19.6 Å². The number of aryl methyl sites for hydroxylation is 1. The molecule has 2 fully saturated rings. The van der Waals surface area contributed by atoms with Gasteiger partial charge >= 0.3 is 11.9 Å². The van der Waals surface area contributed by atoms with Gasteiger partial charge in [0.1, 0.15) is 53.2 Å². The maximum absolute atomic E-state index is 13.2. The lowest BCUT2D eigenvalue weighted by Crippen LogP contribution is -2.39. The molecule has 0 spiro atoms. The topological polar surface area (TPSA) is 355 Å².